The summed E-state index contributed by atoms with van der Waals surface area (Å²) >= 11 is 18.4. The molecule has 1 nitrogen and oxygen atoms in total. The van der Waals surface area contributed by atoms with E-state index in [0.29, 0.717) is 10.1 Å². The van der Waals surface area contributed by atoms with Crippen molar-refractivity contribution >= 4 is 40.5 Å². The second kappa shape index (κ2) is 5.74. The molecule has 2 rings (SSSR count). The first-order chi connectivity index (χ1) is 8.88. The second-order valence-corrected chi connectivity index (χ2v) is 6.02. The van der Waals surface area contributed by atoms with Crippen LogP contribution in [0, 0.1) is 5.82 Å². The molecular weight excluding hydrogens is 308 g/mol. The lowest BCUT2D eigenvalue weighted by Gasteiger charge is -2.25. The Balaban J connectivity index is 2.45. The lowest BCUT2D eigenvalue weighted by atomic mass is 9.91. The third-order valence-corrected chi connectivity index (χ3v) is 3.95. The molecule has 19 heavy (non-hydrogen) atoms. The molecule has 1 aliphatic carbocycles. The maximum Gasteiger partial charge on any atom is 0.125 e. The van der Waals surface area contributed by atoms with Crippen LogP contribution in [0.2, 0.25) is 0 Å². The summed E-state index contributed by atoms with van der Waals surface area (Å²) in [4.78, 5) is 1.83. The molecule has 2 atom stereocenters. The maximum absolute atomic E-state index is 13.7. The Kier molecular flexibility index (Phi) is 4.44. The van der Waals surface area contributed by atoms with Crippen molar-refractivity contribution < 1.29 is 4.39 Å². The summed E-state index contributed by atoms with van der Waals surface area (Å²) in [6.45, 7) is 0. The van der Waals surface area contributed by atoms with E-state index >= 15 is 0 Å². The Morgan fingerprint density at radius 2 is 1.84 bits per heavy atom. The molecule has 0 saturated carbocycles. The third kappa shape index (κ3) is 3.25. The van der Waals surface area contributed by atoms with Gasteiger partial charge in [0.05, 0.1) is 5.38 Å². The molecule has 2 unspecified atom stereocenters. The Morgan fingerprint density at radius 3 is 2.42 bits per heavy atom. The zero-order valence-corrected chi connectivity index (χ0v) is 12.8. The van der Waals surface area contributed by atoms with E-state index < -0.39 is 0 Å². The molecule has 1 aromatic rings. The molecule has 0 saturated heterocycles. The molecule has 0 N–H and O–H groups in total. The first kappa shape index (κ1) is 14.7. The highest BCUT2D eigenvalue weighted by Crippen LogP contribution is 2.40. The molecule has 0 bridgehead atoms. The zero-order chi connectivity index (χ0) is 14.2. The smallest absolute Gasteiger partial charge is 0.125 e. The van der Waals surface area contributed by atoms with Crippen LogP contribution in [-0.2, 0) is 0 Å². The van der Waals surface area contributed by atoms with Gasteiger partial charge in [-0.15, -0.1) is 11.6 Å². The molecule has 0 amide bonds. The van der Waals surface area contributed by atoms with Gasteiger partial charge in [0.2, 0.25) is 0 Å². The van der Waals surface area contributed by atoms with Crippen molar-refractivity contribution in [2.45, 2.75) is 11.3 Å². The number of allylic oxidation sites excluding steroid dienone is 4. The zero-order valence-electron chi connectivity index (χ0n) is 10.5. The number of rotatable bonds is 2. The van der Waals surface area contributed by atoms with Gasteiger partial charge in [-0.25, -0.2) is 4.39 Å². The summed E-state index contributed by atoms with van der Waals surface area (Å²) in [5, 5.41) is 0.634. The Hall–Kier alpha value is -0.700. The summed E-state index contributed by atoms with van der Waals surface area (Å²) in [5.41, 5.74) is 1.51. The van der Waals surface area contributed by atoms with Crippen molar-refractivity contribution in [1.82, 2.24) is 0 Å². The molecule has 102 valence electrons. The van der Waals surface area contributed by atoms with Gasteiger partial charge < -0.3 is 4.90 Å². The van der Waals surface area contributed by atoms with Crippen LogP contribution in [0.5, 0.6) is 0 Å². The van der Waals surface area contributed by atoms with Crippen molar-refractivity contribution in [3.05, 3.63) is 51.8 Å². The predicted octanol–water partition coefficient (Wildman–Crippen LogP) is 4.84. The van der Waals surface area contributed by atoms with Crippen LogP contribution >= 0.6 is 34.8 Å². The summed E-state index contributed by atoms with van der Waals surface area (Å²) < 4.78 is 13.7. The van der Waals surface area contributed by atoms with E-state index in [9.17, 15) is 4.39 Å². The normalized spacial score (nSPS) is 22.8. The van der Waals surface area contributed by atoms with Gasteiger partial charge in [-0.2, -0.15) is 0 Å². The minimum Gasteiger partial charge on any atom is -0.378 e. The van der Waals surface area contributed by atoms with Gasteiger partial charge in [0, 0.05) is 35.8 Å². The average Bonchev–Trinajstić information content (AvgIpc) is 2.26. The molecular formula is C14H13Cl3FN. The van der Waals surface area contributed by atoms with Crippen molar-refractivity contribution in [1.29, 1.82) is 0 Å². The number of hydrogen-bond acceptors (Lipinski definition) is 1. The molecule has 0 fully saturated rings. The highest BCUT2D eigenvalue weighted by molar-refractivity contribution is 6.37. The molecule has 0 aromatic heterocycles. The Labute approximate surface area is 127 Å². The van der Waals surface area contributed by atoms with Crippen molar-refractivity contribution in [3.8, 4) is 0 Å². The number of nitrogens with zero attached hydrogens (tertiary/aromatic N) is 1. The van der Waals surface area contributed by atoms with Crippen LogP contribution in [0.15, 0.2) is 40.4 Å². The number of anilines is 1. The van der Waals surface area contributed by atoms with Crippen molar-refractivity contribution in [2.75, 3.05) is 19.0 Å². The minimum atomic E-state index is -0.387. The molecule has 0 spiro atoms. The molecule has 0 radical (unpaired) electrons. The predicted molar refractivity (Wildman–Crippen MR) is 81.0 cm³/mol. The van der Waals surface area contributed by atoms with Crippen molar-refractivity contribution in [2.24, 2.45) is 0 Å². The highest BCUT2D eigenvalue weighted by Gasteiger charge is 2.27. The van der Waals surface area contributed by atoms with E-state index in [2.05, 4.69) is 0 Å². The van der Waals surface area contributed by atoms with E-state index in [4.69, 9.17) is 34.8 Å². The largest absolute Gasteiger partial charge is 0.378 e. The average molecular weight is 321 g/mol. The van der Waals surface area contributed by atoms with Gasteiger partial charge in [-0.1, -0.05) is 23.2 Å². The first-order valence-corrected chi connectivity index (χ1v) is 6.94. The maximum atomic E-state index is 13.7. The standard InChI is InChI=1S/C14H13Cl3FN/c1-19(2)11-4-8(3-10(18)7-11)14-12(16)5-9(15)6-13(14)17/h3-7,12,14H,1-2H3. The van der Waals surface area contributed by atoms with E-state index in [1.165, 1.54) is 12.1 Å². The molecule has 0 heterocycles. The monoisotopic (exact) mass is 319 g/mol. The third-order valence-electron chi connectivity index (χ3n) is 2.99. The van der Waals surface area contributed by atoms with E-state index in [1.807, 2.05) is 25.1 Å². The molecule has 0 aliphatic heterocycles. The fourth-order valence-electron chi connectivity index (χ4n) is 2.05. The van der Waals surface area contributed by atoms with Crippen LogP contribution < -0.4 is 4.90 Å². The summed E-state index contributed by atoms with van der Waals surface area (Å²) in [7, 11) is 3.71. The van der Waals surface area contributed by atoms with E-state index in [0.717, 1.165) is 11.3 Å². The van der Waals surface area contributed by atoms with Crippen LogP contribution in [-0.4, -0.2) is 19.5 Å². The minimum absolute atomic E-state index is 0.278. The first-order valence-electron chi connectivity index (χ1n) is 5.75. The van der Waals surface area contributed by atoms with E-state index in [-0.39, 0.29) is 17.1 Å². The van der Waals surface area contributed by atoms with Gasteiger partial charge in [0.25, 0.3) is 0 Å². The quantitative estimate of drug-likeness (QED) is 0.705. The topological polar surface area (TPSA) is 3.24 Å². The molecule has 1 aliphatic rings. The molecule has 1 aromatic carbocycles. The number of alkyl halides is 1. The SMILES string of the molecule is CN(C)c1cc(F)cc(C2C(Cl)=CC(Cl)=CC2Cl)c1. The van der Waals surface area contributed by atoms with Gasteiger partial charge in [0.1, 0.15) is 5.82 Å². The fourth-order valence-corrected chi connectivity index (χ4v) is 3.28. The fraction of sp³-hybridized carbons (Fsp3) is 0.286. The second-order valence-electron chi connectivity index (χ2n) is 4.64. The van der Waals surface area contributed by atoms with Crippen LogP contribution in [0.4, 0.5) is 10.1 Å². The lowest BCUT2D eigenvalue weighted by Crippen LogP contribution is -2.16. The number of benzene rings is 1. The Bertz CT molecular complexity index is 552. The van der Waals surface area contributed by atoms with E-state index in [1.54, 1.807) is 12.2 Å². The number of hydrogen-bond donors (Lipinski definition) is 0. The number of halogens is 4. The van der Waals surface area contributed by atoms with Crippen LogP contribution in [0.1, 0.15) is 11.5 Å². The van der Waals surface area contributed by atoms with Crippen LogP contribution in [0.3, 0.4) is 0 Å². The highest BCUT2D eigenvalue weighted by atomic mass is 35.5. The summed E-state index contributed by atoms with van der Waals surface area (Å²) in [5.74, 6) is -0.588. The lowest BCUT2D eigenvalue weighted by molar-refractivity contribution is 0.623. The van der Waals surface area contributed by atoms with Crippen LogP contribution in [0.25, 0.3) is 0 Å². The van der Waals surface area contributed by atoms with Gasteiger partial charge >= 0.3 is 0 Å². The Morgan fingerprint density at radius 1 is 1.16 bits per heavy atom. The summed E-state index contributed by atoms with van der Waals surface area (Å²) in [6.07, 6.45) is 3.35. The summed E-state index contributed by atoms with van der Waals surface area (Å²) in [6, 6.07) is 4.80. The van der Waals surface area contributed by atoms with Gasteiger partial charge in [-0.3, -0.25) is 0 Å². The van der Waals surface area contributed by atoms with Gasteiger partial charge in [0.15, 0.2) is 0 Å². The van der Waals surface area contributed by atoms with Crippen molar-refractivity contribution in [3.63, 3.8) is 0 Å². The molecule has 5 heteroatoms. The van der Waals surface area contributed by atoms with Gasteiger partial charge in [-0.05, 0) is 35.9 Å².